The molecule has 0 fully saturated rings. The standard InChI is InChI=1S/C12H19N3O3/c1-12(2,3)17-11(16)15-6-8-9(5-13-4)14-18-10(8)7-15/h13H,5-7H2,1-4H3. The average molecular weight is 253 g/mol. The van der Waals surface area contributed by atoms with Gasteiger partial charge in [0, 0.05) is 12.1 Å². The molecule has 0 spiro atoms. The molecular formula is C12H19N3O3. The molecule has 18 heavy (non-hydrogen) atoms. The van der Waals surface area contributed by atoms with Crippen molar-refractivity contribution in [3.8, 4) is 0 Å². The van der Waals surface area contributed by atoms with E-state index in [9.17, 15) is 4.79 Å². The van der Waals surface area contributed by atoms with Crippen molar-refractivity contribution in [3.05, 3.63) is 17.0 Å². The highest BCUT2D eigenvalue weighted by Gasteiger charge is 2.32. The maximum Gasteiger partial charge on any atom is 0.411 e. The first-order valence-corrected chi connectivity index (χ1v) is 5.99. The van der Waals surface area contributed by atoms with Crippen molar-refractivity contribution in [2.45, 2.75) is 46.0 Å². The minimum atomic E-state index is -0.479. The van der Waals surface area contributed by atoms with E-state index in [0.717, 1.165) is 17.0 Å². The van der Waals surface area contributed by atoms with Crippen LogP contribution in [0.5, 0.6) is 0 Å². The number of carbonyl (C=O) groups is 1. The Balaban J connectivity index is 2.03. The fourth-order valence-corrected chi connectivity index (χ4v) is 1.87. The molecule has 6 heteroatoms. The van der Waals surface area contributed by atoms with Crippen molar-refractivity contribution in [2.75, 3.05) is 7.05 Å². The third-order valence-corrected chi connectivity index (χ3v) is 2.63. The predicted molar refractivity (Wildman–Crippen MR) is 64.7 cm³/mol. The minimum Gasteiger partial charge on any atom is -0.444 e. The Labute approximate surface area is 106 Å². The van der Waals surface area contributed by atoms with Crippen molar-refractivity contribution >= 4 is 6.09 Å². The third-order valence-electron chi connectivity index (χ3n) is 2.63. The summed E-state index contributed by atoms with van der Waals surface area (Å²) in [4.78, 5) is 13.5. The summed E-state index contributed by atoms with van der Waals surface area (Å²) in [6.07, 6.45) is -0.315. The molecule has 1 N–H and O–H groups in total. The summed E-state index contributed by atoms with van der Waals surface area (Å²) in [7, 11) is 1.85. The van der Waals surface area contributed by atoms with Crippen molar-refractivity contribution in [1.82, 2.24) is 15.4 Å². The van der Waals surface area contributed by atoms with Crippen LogP contribution in [-0.4, -0.2) is 28.8 Å². The summed E-state index contributed by atoms with van der Waals surface area (Å²) in [6, 6.07) is 0. The SMILES string of the molecule is CNCc1noc2c1CN(C(=O)OC(C)(C)C)C2. The lowest BCUT2D eigenvalue weighted by Gasteiger charge is -2.24. The zero-order valence-electron chi connectivity index (χ0n) is 11.2. The topological polar surface area (TPSA) is 67.6 Å². The number of ether oxygens (including phenoxy) is 1. The quantitative estimate of drug-likeness (QED) is 0.868. The van der Waals surface area contributed by atoms with Crippen LogP contribution in [0.4, 0.5) is 4.79 Å². The average Bonchev–Trinajstić information content (AvgIpc) is 2.77. The molecule has 1 amide bonds. The lowest BCUT2D eigenvalue weighted by Crippen LogP contribution is -2.33. The fraction of sp³-hybridized carbons (Fsp3) is 0.667. The molecule has 0 unspecified atom stereocenters. The van der Waals surface area contributed by atoms with Crippen LogP contribution in [0.15, 0.2) is 4.52 Å². The van der Waals surface area contributed by atoms with Crippen LogP contribution in [0.1, 0.15) is 37.8 Å². The highest BCUT2D eigenvalue weighted by molar-refractivity contribution is 5.69. The summed E-state index contributed by atoms with van der Waals surface area (Å²) >= 11 is 0. The van der Waals surface area contributed by atoms with Gasteiger partial charge in [-0.15, -0.1) is 0 Å². The normalized spacial score (nSPS) is 14.8. The number of amides is 1. The van der Waals surface area contributed by atoms with Crippen LogP contribution < -0.4 is 5.32 Å². The zero-order valence-corrected chi connectivity index (χ0v) is 11.2. The van der Waals surface area contributed by atoms with Gasteiger partial charge in [-0.05, 0) is 27.8 Å². The van der Waals surface area contributed by atoms with Gasteiger partial charge < -0.3 is 14.6 Å². The second-order valence-electron chi connectivity index (χ2n) is 5.40. The fourth-order valence-electron chi connectivity index (χ4n) is 1.87. The van der Waals surface area contributed by atoms with Gasteiger partial charge in [-0.2, -0.15) is 0 Å². The van der Waals surface area contributed by atoms with Gasteiger partial charge in [-0.1, -0.05) is 5.16 Å². The van der Waals surface area contributed by atoms with Crippen LogP contribution in [-0.2, 0) is 24.4 Å². The van der Waals surface area contributed by atoms with Gasteiger partial charge in [0.25, 0.3) is 0 Å². The van der Waals surface area contributed by atoms with E-state index in [4.69, 9.17) is 9.26 Å². The van der Waals surface area contributed by atoms with Crippen LogP contribution in [0.25, 0.3) is 0 Å². The summed E-state index contributed by atoms with van der Waals surface area (Å²) in [5.74, 6) is 0.756. The number of carbonyl (C=O) groups excluding carboxylic acids is 1. The molecule has 2 rings (SSSR count). The van der Waals surface area contributed by atoms with Crippen LogP contribution in [0.3, 0.4) is 0 Å². The maximum absolute atomic E-state index is 11.9. The summed E-state index contributed by atoms with van der Waals surface area (Å²) in [6.45, 7) is 7.14. The summed E-state index contributed by atoms with van der Waals surface area (Å²) in [5, 5.41) is 7.00. The number of hydrogen-bond acceptors (Lipinski definition) is 5. The third kappa shape index (κ3) is 2.64. The molecule has 100 valence electrons. The molecule has 6 nitrogen and oxygen atoms in total. The first-order valence-electron chi connectivity index (χ1n) is 5.99. The first-order chi connectivity index (χ1) is 8.40. The van der Waals surface area contributed by atoms with Crippen molar-refractivity contribution in [1.29, 1.82) is 0 Å². The smallest absolute Gasteiger partial charge is 0.411 e. The molecule has 0 atom stereocenters. The Morgan fingerprint density at radius 1 is 1.50 bits per heavy atom. The van der Waals surface area contributed by atoms with Gasteiger partial charge in [-0.3, -0.25) is 4.90 Å². The van der Waals surface area contributed by atoms with E-state index in [1.807, 2.05) is 27.8 Å². The number of nitrogens with one attached hydrogen (secondary N) is 1. The lowest BCUT2D eigenvalue weighted by atomic mass is 10.2. The molecular weight excluding hydrogens is 234 g/mol. The van der Waals surface area contributed by atoms with Crippen LogP contribution in [0, 0.1) is 0 Å². The Kier molecular flexibility index (Phi) is 3.30. The number of hydrogen-bond donors (Lipinski definition) is 1. The molecule has 0 aromatic carbocycles. The molecule has 0 saturated carbocycles. The largest absolute Gasteiger partial charge is 0.444 e. The Bertz CT molecular complexity index is 448. The van der Waals surface area contributed by atoms with E-state index in [1.54, 1.807) is 4.90 Å². The maximum atomic E-state index is 11.9. The lowest BCUT2D eigenvalue weighted by molar-refractivity contribution is 0.0230. The molecule has 0 radical (unpaired) electrons. The Morgan fingerprint density at radius 3 is 2.83 bits per heavy atom. The molecule has 1 aliphatic rings. The summed E-state index contributed by atoms with van der Waals surface area (Å²) in [5.41, 5.74) is 1.38. The molecule has 0 saturated heterocycles. The molecule has 2 heterocycles. The van der Waals surface area contributed by atoms with E-state index in [0.29, 0.717) is 19.6 Å². The van der Waals surface area contributed by atoms with Gasteiger partial charge in [0.05, 0.1) is 13.1 Å². The number of rotatable bonds is 2. The van der Waals surface area contributed by atoms with Crippen LogP contribution >= 0.6 is 0 Å². The molecule has 0 aliphatic carbocycles. The van der Waals surface area contributed by atoms with Gasteiger partial charge in [0.1, 0.15) is 11.3 Å². The van der Waals surface area contributed by atoms with Crippen molar-refractivity contribution in [3.63, 3.8) is 0 Å². The minimum absolute atomic E-state index is 0.315. The Hall–Kier alpha value is -1.56. The van der Waals surface area contributed by atoms with Crippen LogP contribution in [0.2, 0.25) is 0 Å². The van der Waals surface area contributed by atoms with E-state index in [2.05, 4.69) is 10.5 Å². The molecule has 1 aromatic heterocycles. The summed E-state index contributed by atoms with van der Waals surface area (Å²) < 4.78 is 10.6. The van der Waals surface area contributed by atoms with Crippen molar-refractivity contribution in [2.24, 2.45) is 0 Å². The van der Waals surface area contributed by atoms with Gasteiger partial charge in [-0.25, -0.2) is 4.79 Å². The van der Waals surface area contributed by atoms with E-state index in [1.165, 1.54) is 0 Å². The zero-order chi connectivity index (χ0) is 13.3. The highest BCUT2D eigenvalue weighted by Crippen LogP contribution is 2.27. The Morgan fingerprint density at radius 2 is 2.22 bits per heavy atom. The monoisotopic (exact) mass is 253 g/mol. The second-order valence-corrected chi connectivity index (χ2v) is 5.40. The first kappa shape index (κ1) is 12.9. The molecule has 0 bridgehead atoms. The van der Waals surface area contributed by atoms with Gasteiger partial charge in [0.15, 0.2) is 5.76 Å². The van der Waals surface area contributed by atoms with E-state index in [-0.39, 0.29) is 6.09 Å². The molecule has 1 aliphatic heterocycles. The molecule has 1 aromatic rings. The number of fused-ring (bicyclic) bond motifs is 1. The highest BCUT2D eigenvalue weighted by atomic mass is 16.6. The number of nitrogens with zero attached hydrogens (tertiary/aromatic N) is 2. The van der Waals surface area contributed by atoms with Crippen molar-refractivity contribution < 1.29 is 14.1 Å². The van der Waals surface area contributed by atoms with Gasteiger partial charge >= 0.3 is 6.09 Å². The van der Waals surface area contributed by atoms with Gasteiger partial charge in [0.2, 0.25) is 0 Å². The van der Waals surface area contributed by atoms with E-state index < -0.39 is 5.60 Å². The van der Waals surface area contributed by atoms with E-state index >= 15 is 0 Å². The second kappa shape index (κ2) is 4.61. The number of aromatic nitrogens is 1. The predicted octanol–water partition coefficient (Wildman–Crippen LogP) is 1.64.